The van der Waals surface area contributed by atoms with Crippen LogP contribution in [0.3, 0.4) is 0 Å². The Kier molecular flexibility index (Phi) is 14.3. The molecule has 10 heteroatoms. The molecule has 1 atom stereocenters. The molecule has 0 saturated heterocycles. The molecule has 27 heavy (non-hydrogen) atoms. The van der Waals surface area contributed by atoms with Crippen LogP contribution in [0.4, 0.5) is 0 Å². The van der Waals surface area contributed by atoms with Gasteiger partial charge in [-0.1, -0.05) is 19.9 Å². The van der Waals surface area contributed by atoms with E-state index in [0.717, 1.165) is 24.4 Å². The van der Waals surface area contributed by atoms with Crippen molar-refractivity contribution in [2.75, 3.05) is 38.6 Å². The second kappa shape index (κ2) is 14.6. The minimum absolute atomic E-state index is 0. The Morgan fingerprint density at radius 3 is 2.70 bits per heavy atom. The standard InChI is InChI=1S/C17H31N3O4S2.HI/c1-4-18-17(19-8-6-9-24-12-14(2)3)20-11-15(21)13-26(22,23)16-7-5-10-25-16;/h5,7,10,14-15,21H,4,6,8-9,11-13H2,1-3H3,(H2,18,19,20);1H. The van der Waals surface area contributed by atoms with Gasteiger partial charge in [0.25, 0.3) is 0 Å². The summed E-state index contributed by atoms with van der Waals surface area (Å²) in [6, 6.07) is 3.23. The maximum Gasteiger partial charge on any atom is 0.191 e. The maximum atomic E-state index is 12.2. The van der Waals surface area contributed by atoms with Crippen molar-refractivity contribution in [1.82, 2.24) is 10.6 Å². The largest absolute Gasteiger partial charge is 0.390 e. The van der Waals surface area contributed by atoms with E-state index in [1.807, 2.05) is 6.92 Å². The summed E-state index contributed by atoms with van der Waals surface area (Å²) < 4.78 is 30.1. The van der Waals surface area contributed by atoms with E-state index < -0.39 is 15.9 Å². The van der Waals surface area contributed by atoms with Crippen LogP contribution in [0, 0.1) is 5.92 Å². The summed E-state index contributed by atoms with van der Waals surface area (Å²) >= 11 is 1.15. The number of nitrogens with one attached hydrogen (secondary N) is 2. The number of nitrogens with zero attached hydrogens (tertiary/aromatic N) is 1. The van der Waals surface area contributed by atoms with Gasteiger partial charge in [-0.3, -0.25) is 4.99 Å². The molecule has 0 amide bonds. The number of hydrogen-bond acceptors (Lipinski definition) is 6. The Labute approximate surface area is 183 Å². The molecule has 1 aromatic heterocycles. The molecule has 0 radical (unpaired) electrons. The van der Waals surface area contributed by atoms with Crippen molar-refractivity contribution in [3.63, 3.8) is 0 Å². The number of thiophene rings is 1. The van der Waals surface area contributed by atoms with Crippen LogP contribution in [0.5, 0.6) is 0 Å². The molecule has 0 aliphatic rings. The summed E-state index contributed by atoms with van der Waals surface area (Å²) in [4.78, 5) is 4.27. The Morgan fingerprint density at radius 1 is 1.37 bits per heavy atom. The summed E-state index contributed by atoms with van der Waals surface area (Å²) in [6.07, 6.45) is -0.209. The molecule has 158 valence electrons. The Bertz CT molecular complexity index is 622. The van der Waals surface area contributed by atoms with Crippen LogP contribution in [0.1, 0.15) is 27.2 Å². The van der Waals surface area contributed by atoms with Gasteiger partial charge in [0.05, 0.1) is 18.4 Å². The first-order valence-electron chi connectivity index (χ1n) is 8.89. The van der Waals surface area contributed by atoms with Gasteiger partial charge in [0.15, 0.2) is 15.8 Å². The van der Waals surface area contributed by atoms with Crippen LogP contribution in [0.25, 0.3) is 0 Å². The fourth-order valence-corrected chi connectivity index (χ4v) is 4.53. The van der Waals surface area contributed by atoms with Gasteiger partial charge in [-0.05, 0) is 30.7 Å². The van der Waals surface area contributed by atoms with E-state index in [-0.39, 0.29) is 40.5 Å². The highest BCUT2D eigenvalue weighted by molar-refractivity contribution is 14.0. The first kappa shape index (κ1) is 26.6. The van der Waals surface area contributed by atoms with Gasteiger partial charge in [-0.25, -0.2) is 8.42 Å². The zero-order chi connectivity index (χ0) is 19.4. The van der Waals surface area contributed by atoms with Crippen LogP contribution in [0.15, 0.2) is 26.7 Å². The average Bonchev–Trinajstić information content (AvgIpc) is 3.10. The van der Waals surface area contributed by atoms with Gasteiger partial charge < -0.3 is 20.5 Å². The van der Waals surface area contributed by atoms with E-state index in [1.165, 1.54) is 0 Å². The van der Waals surface area contributed by atoms with Gasteiger partial charge in [-0.15, -0.1) is 35.3 Å². The minimum atomic E-state index is -3.47. The SMILES string of the molecule is CCNC(=NCC(O)CS(=O)(=O)c1cccs1)NCCCOCC(C)C.I. The van der Waals surface area contributed by atoms with Crippen molar-refractivity contribution >= 4 is 51.1 Å². The highest BCUT2D eigenvalue weighted by Gasteiger charge is 2.20. The van der Waals surface area contributed by atoms with Crippen LogP contribution < -0.4 is 10.6 Å². The van der Waals surface area contributed by atoms with Gasteiger partial charge in [0.1, 0.15) is 4.21 Å². The van der Waals surface area contributed by atoms with Gasteiger partial charge >= 0.3 is 0 Å². The van der Waals surface area contributed by atoms with Gasteiger partial charge in [-0.2, -0.15) is 0 Å². The molecule has 0 aliphatic carbocycles. The Morgan fingerprint density at radius 2 is 2.11 bits per heavy atom. The van der Waals surface area contributed by atoms with Crippen molar-refractivity contribution in [1.29, 1.82) is 0 Å². The normalized spacial score (nSPS) is 13.3. The molecule has 1 heterocycles. The molecule has 0 spiro atoms. The average molecular weight is 533 g/mol. The second-order valence-electron chi connectivity index (χ2n) is 6.34. The van der Waals surface area contributed by atoms with Crippen molar-refractivity contribution < 1.29 is 18.3 Å². The van der Waals surface area contributed by atoms with E-state index in [4.69, 9.17) is 4.74 Å². The van der Waals surface area contributed by atoms with Crippen LogP contribution >= 0.6 is 35.3 Å². The molecule has 1 aromatic rings. The molecule has 1 unspecified atom stereocenters. The lowest BCUT2D eigenvalue weighted by molar-refractivity contribution is 0.108. The number of halogens is 1. The lowest BCUT2D eigenvalue weighted by Crippen LogP contribution is -2.39. The third kappa shape index (κ3) is 11.9. The number of guanidine groups is 1. The smallest absolute Gasteiger partial charge is 0.191 e. The molecule has 0 aromatic carbocycles. The maximum absolute atomic E-state index is 12.2. The molecule has 0 aliphatic heterocycles. The fourth-order valence-electron chi connectivity index (χ4n) is 2.07. The molecule has 7 nitrogen and oxygen atoms in total. The van der Waals surface area contributed by atoms with Crippen LogP contribution in [-0.4, -0.2) is 64.2 Å². The number of sulfone groups is 1. The summed E-state index contributed by atoms with van der Waals surface area (Å²) in [7, 11) is -3.47. The van der Waals surface area contributed by atoms with E-state index in [0.29, 0.717) is 31.6 Å². The van der Waals surface area contributed by atoms with E-state index >= 15 is 0 Å². The summed E-state index contributed by atoms with van der Waals surface area (Å²) in [6.45, 7) is 8.97. The summed E-state index contributed by atoms with van der Waals surface area (Å²) in [5, 5.41) is 18.0. The number of hydrogen-bond donors (Lipinski definition) is 3. The Balaban J connectivity index is 0.00000676. The molecule has 1 rings (SSSR count). The third-order valence-electron chi connectivity index (χ3n) is 3.23. The number of aliphatic hydroxyl groups is 1. The topological polar surface area (TPSA) is 100 Å². The van der Waals surface area contributed by atoms with E-state index in [9.17, 15) is 13.5 Å². The van der Waals surface area contributed by atoms with E-state index in [2.05, 4.69) is 29.5 Å². The molecule has 0 fully saturated rings. The molecule has 0 saturated carbocycles. The highest BCUT2D eigenvalue weighted by atomic mass is 127. The first-order chi connectivity index (χ1) is 12.3. The molecular weight excluding hydrogens is 501 g/mol. The minimum Gasteiger partial charge on any atom is -0.390 e. The van der Waals surface area contributed by atoms with Crippen molar-refractivity contribution in [2.24, 2.45) is 10.9 Å². The highest BCUT2D eigenvalue weighted by Crippen LogP contribution is 2.18. The van der Waals surface area contributed by atoms with E-state index in [1.54, 1.807) is 17.5 Å². The summed E-state index contributed by atoms with van der Waals surface area (Å²) in [5.41, 5.74) is 0. The van der Waals surface area contributed by atoms with Gasteiger partial charge in [0.2, 0.25) is 0 Å². The fraction of sp³-hybridized carbons (Fsp3) is 0.706. The Hall–Kier alpha value is -0.430. The van der Waals surface area contributed by atoms with Crippen molar-refractivity contribution in [3.8, 4) is 0 Å². The number of rotatable bonds is 12. The lowest BCUT2D eigenvalue weighted by atomic mass is 10.2. The quantitative estimate of drug-likeness (QED) is 0.165. The van der Waals surface area contributed by atoms with Crippen molar-refractivity contribution in [3.05, 3.63) is 17.5 Å². The third-order valence-corrected chi connectivity index (χ3v) is 6.51. The predicted molar refractivity (Wildman–Crippen MR) is 122 cm³/mol. The number of aliphatic imine (C=N–C) groups is 1. The van der Waals surface area contributed by atoms with Crippen molar-refractivity contribution in [2.45, 2.75) is 37.5 Å². The summed E-state index contributed by atoms with van der Waals surface area (Å²) in [5.74, 6) is 0.747. The van der Waals surface area contributed by atoms with Crippen LogP contribution in [0.2, 0.25) is 0 Å². The monoisotopic (exact) mass is 533 g/mol. The number of aliphatic hydroxyl groups excluding tert-OH is 1. The second-order valence-corrected chi connectivity index (χ2v) is 9.54. The predicted octanol–water partition coefficient (Wildman–Crippen LogP) is 2.12. The van der Waals surface area contributed by atoms with Gasteiger partial charge in [0, 0.05) is 26.3 Å². The zero-order valence-electron chi connectivity index (χ0n) is 16.2. The number of ether oxygens (including phenoxy) is 1. The molecule has 0 bridgehead atoms. The molecular formula is C17H32IN3O4S2. The van der Waals surface area contributed by atoms with Crippen LogP contribution in [-0.2, 0) is 14.6 Å². The first-order valence-corrected chi connectivity index (χ1v) is 11.4. The zero-order valence-corrected chi connectivity index (χ0v) is 20.1. The lowest BCUT2D eigenvalue weighted by Gasteiger charge is -2.13. The molecule has 3 N–H and O–H groups in total.